The van der Waals surface area contributed by atoms with Crippen molar-refractivity contribution in [2.24, 2.45) is 4.99 Å². The van der Waals surface area contributed by atoms with E-state index in [-0.39, 0.29) is 18.2 Å². The first-order chi connectivity index (χ1) is 12.3. The second-order valence-corrected chi connectivity index (χ2v) is 8.43. The molecule has 0 aromatic carbocycles. The van der Waals surface area contributed by atoms with Gasteiger partial charge in [0.25, 0.3) is 0 Å². The standard InChI is InChI=1S/C18H33N5O3/c1-18(2,3)26-17(24)23-9-13(10-23)21-16(19-4)20-8-15-11-22-7-5-6-14(22)12-25-15/h13-15H,5-12H2,1-4H3,(H2,19,20,21). The van der Waals surface area contributed by atoms with Crippen molar-refractivity contribution < 1.29 is 14.3 Å². The smallest absolute Gasteiger partial charge is 0.410 e. The molecule has 3 heterocycles. The van der Waals surface area contributed by atoms with Crippen molar-refractivity contribution >= 4 is 12.1 Å². The second-order valence-electron chi connectivity index (χ2n) is 8.43. The van der Waals surface area contributed by atoms with Crippen molar-refractivity contribution in [3.8, 4) is 0 Å². The second kappa shape index (κ2) is 8.00. The van der Waals surface area contributed by atoms with E-state index in [4.69, 9.17) is 9.47 Å². The van der Waals surface area contributed by atoms with Crippen molar-refractivity contribution in [3.05, 3.63) is 0 Å². The third-order valence-corrected chi connectivity index (χ3v) is 5.06. The molecular weight excluding hydrogens is 334 g/mol. The van der Waals surface area contributed by atoms with E-state index in [9.17, 15) is 4.79 Å². The maximum absolute atomic E-state index is 12.0. The fourth-order valence-electron chi connectivity index (χ4n) is 3.65. The molecule has 0 spiro atoms. The fraction of sp³-hybridized carbons (Fsp3) is 0.889. The van der Waals surface area contributed by atoms with E-state index in [0.717, 1.165) is 25.7 Å². The molecule has 3 rings (SSSR count). The van der Waals surface area contributed by atoms with Crippen LogP contribution in [0.3, 0.4) is 0 Å². The number of nitrogens with one attached hydrogen (secondary N) is 2. The fourth-order valence-corrected chi connectivity index (χ4v) is 3.65. The Bertz CT molecular complexity index is 527. The van der Waals surface area contributed by atoms with Gasteiger partial charge >= 0.3 is 6.09 Å². The van der Waals surface area contributed by atoms with Crippen molar-refractivity contribution in [2.75, 3.05) is 46.4 Å². The molecule has 8 heteroatoms. The summed E-state index contributed by atoms with van der Waals surface area (Å²) in [7, 11) is 1.76. The van der Waals surface area contributed by atoms with Gasteiger partial charge < -0.3 is 25.0 Å². The van der Waals surface area contributed by atoms with Crippen LogP contribution in [-0.2, 0) is 9.47 Å². The lowest BCUT2D eigenvalue weighted by molar-refractivity contribution is -0.0453. The molecule has 0 aromatic rings. The molecule has 3 aliphatic heterocycles. The first kappa shape index (κ1) is 19.2. The summed E-state index contributed by atoms with van der Waals surface area (Å²) in [5, 5.41) is 6.71. The van der Waals surface area contributed by atoms with E-state index in [1.54, 1.807) is 11.9 Å². The molecule has 3 fully saturated rings. The zero-order valence-electron chi connectivity index (χ0n) is 16.5. The molecule has 0 aliphatic carbocycles. The lowest BCUT2D eigenvalue weighted by Crippen LogP contribution is -2.63. The number of morpholine rings is 1. The van der Waals surface area contributed by atoms with Gasteiger partial charge in [0, 0.05) is 39.3 Å². The zero-order valence-corrected chi connectivity index (χ0v) is 16.5. The van der Waals surface area contributed by atoms with Gasteiger partial charge in [0.05, 0.1) is 18.8 Å². The Morgan fingerprint density at radius 3 is 2.77 bits per heavy atom. The summed E-state index contributed by atoms with van der Waals surface area (Å²) in [6.07, 6.45) is 2.49. The van der Waals surface area contributed by atoms with Crippen LogP contribution in [-0.4, -0.2) is 92.0 Å². The third kappa shape index (κ3) is 5.01. The average Bonchev–Trinajstić information content (AvgIpc) is 2.99. The molecule has 0 radical (unpaired) electrons. The first-order valence-electron chi connectivity index (χ1n) is 9.65. The van der Waals surface area contributed by atoms with Crippen molar-refractivity contribution in [1.29, 1.82) is 0 Å². The normalized spacial score (nSPS) is 27.7. The predicted molar refractivity (Wildman–Crippen MR) is 100 cm³/mol. The van der Waals surface area contributed by atoms with Crippen LogP contribution in [0.25, 0.3) is 0 Å². The maximum Gasteiger partial charge on any atom is 0.410 e. The molecular formula is C18H33N5O3. The highest BCUT2D eigenvalue weighted by molar-refractivity contribution is 5.80. The number of aliphatic imine (C=N–C) groups is 1. The Morgan fingerprint density at radius 2 is 2.08 bits per heavy atom. The highest BCUT2D eigenvalue weighted by Crippen LogP contribution is 2.22. The Morgan fingerprint density at radius 1 is 1.31 bits per heavy atom. The summed E-state index contributed by atoms with van der Waals surface area (Å²) in [4.78, 5) is 20.5. The molecule has 3 aliphatic rings. The Kier molecular flexibility index (Phi) is 5.92. The van der Waals surface area contributed by atoms with E-state index in [1.807, 2.05) is 20.8 Å². The summed E-state index contributed by atoms with van der Waals surface area (Å²) < 4.78 is 11.3. The summed E-state index contributed by atoms with van der Waals surface area (Å²) in [6, 6.07) is 0.821. The molecule has 1 amide bonds. The van der Waals surface area contributed by atoms with Gasteiger partial charge in [-0.2, -0.15) is 0 Å². The maximum atomic E-state index is 12.0. The van der Waals surface area contributed by atoms with Gasteiger partial charge in [-0.15, -0.1) is 0 Å². The lowest BCUT2D eigenvalue weighted by Gasteiger charge is -2.40. The van der Waals surface area contributed by atoms with Crippen LogP contribution in [0.1, 0.15) is 33.6 Å². The van der Waals surface area contributed by atoms with Crippen molar-refractivity contribution in [2.45, 2.75) is 57.4 Å². The molecule has 2 N–H and O–H groups in total. The number of nitrogens with zero attached hydrogens (tertiary/aromatic N) is 3. The molecule has 8 nitrogen and oxygen atoms in total. The van der Waals surface area contributed by atoms with E-state index < -0.39 is 5.60 Å². The quantitative estimate of drug-likeness (QED) is 0.563. The number of hydrogen-bond acceptors (Lipinski definition) is 5. The van der Waals surface area contributed by atoms with Crippen molar-refractivity contribution in [1.82, 2.24) is 20.4 Å². The molecule has 0 aromatic heterocycles. The number of guanidine groups is 1. The monoisotopic (exact) mass is 367 g/mol. The van der Waals surface area contributed by atoms with E-state index >= 15 is 0 Å². The van der Waals surface area contributed by atoms with Gasteiger partial charge in [0.2, 0.25) is 0 Å². The Labute approximate surface area is 156 Å². The van der Waals surface area contributed by atoms with E-state index in [0.29, 0.717) is 19.1 Å². The van der Waals surface area contributed by atoms with Gasteiger partial charge in [-0.25, -0.2) is 4.79 Å². The van der Waals surface area contributed by atoms with E-state index in [2.05, 4.69) is 20.5 Å². The minimum absolute atomic E-state index is 0.197. The Balaban J connectivity index is 1.35. The van der Waals surface area contributed by atoms with Crippen LogP contribution in [0.15, 0.2) is 4.99 Å². The van der Waals surface area contributed by atoms with Gasteiger partial charge in [-0.1, -0.05) is 0 Å². The number of ether oxygens (including phenoxy) is 2. The summed E-state index contributed by atoms with van der Waals surface area (Å²) >= 11 is 0. The minimum atomic E-state index is -0.457. The molecule has 2 unspecified atom stereocenters. The number of likely N-dealkylation sites (tertiary alicyclic amines) is 1. The molecule has 3 saturated heterocycles. The van der Waals surface area contributed by atoms with Gasteiger partial charge in [0.1, 0.15) is 5.60 Å². The first-order valence-corrected chi connectivity index (χ1v) is 9.65. The topological polar surface area (TPSA) is 78.4 Å². The van der Waals surface area contributed by atoms with Crippen LogP contribution in [0, 0.1) is 0 Å². The summed E-state index contributed by atoms with van der Waals surface area (Å²) in [5.74, 6) is 0.756. The van der Waals surface area contributed by atoms with E-state index in [1.165, 1.54) is 19.4 Å². The third-order valence-electron chi connectivity index (χ3n) is 5.06. The highest BCUT2D eigenvalue weighted by atomic mass is 16.6. The summed E-state index contributed by atoms with van der Waals surface area (Å²) in [6.45, 7) is 10.7. The van der Waals surface area contributed by atoms with Crippen LogP contribution in [0.4, 0.5) is 4.79 Å². The van der Waals surface area contributed by atoms with Gasteiger partial charge in [-0.05, 0) is 40.2 Å². The van der Waals surface area contributed by atoms with Gasteiger partial charge in [-0.3, -0.25) is 9.89 Å². The van der Waals surface area contributed by atoms with Crippen LogP contribution < -0.4 is 10.6 Å². The number of amides is 1. The zero-order chi connectivity index (χ0) is 18.7. The average molecular weight is 367 g/mol. The number of fused-ring (bicyclic) bond motifs is 1. The minimum Gasteiger partial charge on any atom is -0.444 e. The lowest BCUT2D eigenvalue weighted by atomic mass is 10.1. The number of rotatable bonds is 3. The molecule has 2 atom stereocenters. The molecule has 0 bridgehead atoms. The number of carbonyl (C=O) groups is 1. The van der Waals surface area contributed by atoms with Gasteiger partial charge in [0.15, 0.2) is 5.96 Å². The predicted octanol–water partition coefficient (Wildman–Crippen LogP) is 0.634. The van der Waals surface area contributed by atoms with Crippen LogP contribution >= 0.6 is 0 Å². The number of carbonyl (C=O) groups excluding carboxylic acids is 1. The highest BCUT2D eigenvalue weighted by Gasteiger charge is 2.35. The largest absolute Gasteiger partial charge is 0.444 e. The molecule has 0 saturated carbocycles. The molecule has 148 valence electrons. The Hall–Kier alpha value is -1.54. The summed E-state index contributed by atoms with van der Waals surface area (Å²) in [5.41, 5.74) is -0.457. The van der Waals surface area contributed by atoms with Crippen molar-refractivity contribution in [3.63, 3.8) is 0 Å². The number of hydrogen-bond donors (Lipinski definition) is 2. The van der Waals surface area contributed by atoms with Crippen LogP contribution in [0.2, 0.25) is 0 Å². The SMILES string of the molecule is CN=C(NCC1CN2CCCC2CO1)NC1CN(C(=O)OC(C)(C)C)C1. The molecule has 26 heavy (non-hydrogen) atoms. The van der Waals surface area contributed by atoms with Crippen LogP contribution in [0.5, 0.6) is 0 Å².